The molecule has 2 aromatic carbocycles. The van der Waals surface area contributed by atoms with Crippen LogP contribution >= 0.6 is 0 Å². The molecule has 0 heterocycles. The molecule has 1 aliphatic rings. The van der Waals surface area contributed by atoms with Crippen molar-refractivity contribution in [3.05, 3.63) is 58.7 Å². The van der Waals surface area contributed by atoms with Gasteiger partial charge in [0, 0.05) is 18.5 Å². The van der Waals surface area contributed by atoms with Crippen molar-refractivity contribution < 1.29 is 0 Å². The Morgan fingerprint density at radius 3 is 1.69 bits per heavy atom. The first-order valence-corrected chi connectivity index (χ1v) is 10.1. The van der Waals surface area contributed by atoms with Gasteiger partial charge in [-0.2, -0.15) is 0 Å². The minimum atomic E-state index is -0.00870. The summed E-state index contributed by atoms with van der Waals surface area (Å²) >= 11 is 0. The van der Waals surface area contributed by atoms with E-state index in [4.69, 9.17) is 0 Å². The van der Waals surface area contributed by atoms with Gasteiger partial charge in [-0.25, -0.2) is 0 Å². The third kappa shape index (κ3) is 3.10. The fourth-order valence-electron chi connectivity index (χ4n) is 4.33. The normalized spacial score (nSPS) is 14.8. The van der Waals surface area contributed by atoms with E-state index in [9.17, 15) is 0 Å². The molecule has 140 valence electrons. The Labute approximate surface area is 159 Å². The molecule has 0 fully saturated rings. The monoisotopic (exact) mass is 350 g/mol. The Bertz CT molecular complexity index is 716. The zero-order chi connectivity index (χ0) is 18.9. The summed E-state index contributed by atoms with van der Waals surface area (Å²) in [7, 11) is 2.07. The summed E-state index contributed by atoms with van der Waals surface area (Å²) in [6.07, 6.45) is 0. The SMILES string of the molecule is CCNCC1(CNC)c2cc(C(C)C)ccc2-c2ccc(C(C)C)cc21. The molecule has 2 N–H and O–H groups in total. The lowest BCUT2D eigenvalue weighted by Crippen LogP contribution is -2.45. The minimum Gasteiger partial charge on any atom is -0.318 e. The highest BCUT2D eigenvalue weighted by Crippen LogP contribution is 2.50. The van der Waals surface area contributed by atoms with Gasteiger partial charge >= 0.3 is 0 Å². The van der Waals surface area contributed by atoms with Crippen molar-refractivity contribution in [3.8, 4) is 11.1 Å². The second kappa shape index (κ2) is 7.54. The maximum Gasteiger partial charge on any atom is 0.0463 e. The zero-order valence-corrected chi connectivity index (χ0v) is 17.2. The van der Waals surface area contributed by atoms with Crippen LogP contribution in [-0.4, -0.2) is 26.7 Å². The van der Waals surface area contributed by atoms with Crippen molar-refractivity contribution >= 4 is 0 Å². The quantitative estimate of drug-likeness (QED) is 0.732. The van der Waals surface area contributed by atoms with Crippen molar-refractivity contribution in [3.63, 3.8) is 0 Å². The Morgan fingerprint density at radius 2 is 1.31 bits per heavy atom. The summed E-state index contributed by atoms with van der Waals surface area (Å²) in [4.78, 5) is 0. The molecule has 1 aliphatic carbocycles. The molecule has 0 amide bonds. The fourth-order valence-corrected chi connectivity index (χ4v) is 4.33. The summed E-state index contributed by atoms with van der Waals surface area (Å²) in [6.45, 7) is 14.2. The van der Waals surface area contributed by atoms with Crippen LogP contribution in [0.25, 0.3) is 11.1 Å². The van der Waals surface area contributed by atoms with Gasteiger partial charge in [0.2, 0.25) is 0 Å². The largest absolute Gasteiger partial charge is 0.318 e. The molecule has 2 heteroatoms. The summed E-state index contributed by atoms with van der Waals surface area (Å²) < 4.78 is 0. The van der Waals surface area contributed by atoms with Crippen LogP contribution in [0, 0.1) is 0 Å². The molecule has 2 aromatic rings. The third-order valence-electron chi connectivity index (χ3n) is 5.90. The van der Waals surface area contributed by atoms with E-state index in [0.717, 1.165) is 19.6 Å². The van der Waals surface area contributed by atoms with Crippen LogP contribution in [0.5, 0.6) is 0 Å². The van der Waals surface area contributed by atoms with Gasteiger partial charge in [0.15, 0.2) is 0 Å². The number of hydrogen-bond acceptors (Lipinski definition) is 2. The molecule has 0 saturated heterocycles. The number of rotatable bonds is 7. The van der Waals surface area contributed by atoms with Gasteiger partial charge in [-0.3, -0.25) is 0 Å². The van der Waals surface area contributed by atoms with E-state index in [0.29, 0.717) is 11.8 Å². The molecule has 0 bridgehead atoms. The van der Waals surface area contributed by atoms with E-state index >= 15 is 0 Å². The van der Waals surface area contributed by atoms with E-state index < -0.39 is 0 Å². The average Bonchev–Trinajstić information content (AvgIpc) is 2.89. The second-order valence-corrected chi connectivity index (χ2v) is 8.31. The Hall–Kier alpha value is -1.64. The van der Waals surface area contributed by atoms with Crippen LogP contribution in [0.15, 0.2) is 36.4 Å². The molecule has 0 aliphatic heterocycles. The van der Waals surface area contributed by atoms with Gasteiger partial charge in [0.05, 0.1) is 0 Å². The Morgan fingerprint density at radius 1 is 0.808 bits per heavy atom. The van der Waals surface area contributed by atoms with Crippen LogP contribution in [0.4, 0.5) is 0 Å². The number of fused-ring (bicyclic) bond motifs is 3. The van der Waals surface area contributed by atoms with Gasteiger partial charge in [-0.1, -0.05) is 71.0 Å². The average molecular weight is 351 g/mol. The number of hydrogen-bond donors (Lipinski definition) is 2. The lowest BCUT2D eigenvalue weighted by Gasteiger charge is -2.33. The molecule has 0 aromatic heterocycles. The lowest BCUT2D eigenvalue weighted by atomic mass is 9.76. The zero-order valence-electron chi connectivity index (χ0n) is 17.2. The van der Waals surface area contributed by atoms with E-state index in [-0.39, 0.29) is 5.41 Å². The predicted molar refractivity (Wildman–Crippen MR) is 113 cm³/mol. The van der Waals surface area contributed by atoms with E-state index in [2.05, 4.69) is 88.7 Å². The first-order valence-electron chi connectivity index (χ1n) is 10.1. The molecule has 0 radical (unpaired) electrons. The van der Waals surface area contributed by atoms with Crippen molar-refractivity contribution in [2.45, 2.75) is 51.9 Å². The molecule has 0 atom stereocenters. The number of benzene rings is 2. The molecule has 26 heavy (non-hydrogen) atoms. The highest BCUT2D eigenvalue weighted by Gasteiger charge is 2.42. The lowest BCUT2D eigenvalue weighted by molar-refractivity contribution is 0.459. The standard InChI is InChI=1S/C24H34N2/c1-7-26-15-24(14-25-6)22-12-18(16(2)3)8-10-20(22)21-11-9-19(17(4)5)13-23(21)24/h8-13,16-17,25-26H,7,14-15H2,1-6H3. The highest BCUT2D eigenvalue weighted by molar-refractivity contribution is 5.82. The fraction of sp³-hybridized carbons (Fsp3) is 0.500. The summed E-state index contributed by atoms with van der Waals surface area (Å²) in [5.41, 5.74) is 8.63. The minimum absolute atomic E-state index is 0.00870. The van der Waals surface area contributed by atoms with Crippen molar-refractivity contribution in [2.24, 2.45) is 0 Å². The number of nitrogens with one attached hydrogen (secondary N) is 2. The topological polar surface area (TPSA) is 24.1 Å². The first kappa shape index (κ1) is 19.1. The predicted octanol–water partition coefficient (Wildman–Crippen LogP) is 5.03. The maximum atomic E-state index is 3.66. The molecule has 0 saturated carbocycles. The van der Waals surface area contributed by atoms with Crippen LogP contribution in [0.2, 0.25) is 0 Å². The van der Waals surface area contributed by atoms with Gasteiger partial charge in [-0.15, -0.1) is 0 Å². The van der Waals surface area contributed by atoms with Gasteiger partial charge < -0.3 is 10.6 Å². The molecule has 3 rings (SSSR count). The van der Waals surface area contributed by atoms with Gasteiger partial charge in [0.1, 0.15) is 0 Å². The molecule has 0 spiro atoms. The van der Waals surface area contributed by atoms with E-state index in [1.807, 2.05) is 0 Å². The van der Waals surface area contributed by atoms with Crippen LogP contribution in [-0.2, 0) is 5.41 Å². The highest BCUT2D eigenvalue weighted by atomic mass is 14.9. The second-order valence-electron chi connectivity index (χ2n) is 8.31. The van der Waals surface area contributed by atoms with Crippen molar-refractivity contribution in [1.29, 1.82) is 0 Å². The van der Waals surface area contributed by atoms with Crippen molar-refractivity contribution in [2.75, 3.05) is 26.7 Å². The van der Waals surface area contributed by atoms with Crippen LogP contribution in [0.1, 0.15) is 68.7 Å². The Balaban J connectivity index is 2.26. The van der Waals surface area contributed by atoms with Crippen LogP contribution in [0.3, 0.4) is 0 Å². The summed E-state index contributed by atoms with van der Waals surface area (Å²) in [5, 5.41) is 7.15. The molecular formula is C24H34N2. The number of likely N-dealkylation sites (N-methyl/N-ethyl adjacent to an activating group) is 2. The van der Waals surface area contributed by atoms with Gasteiger partial charge in [0.25, 0.3) is 0 Å². The van der Waals surface area contributed by atoms with Crippen molar-refractivity contribution in [1.82, 2.24) is 10.6 Å². The third-order valence-corrected chi connectivity index (χ3v) is 5.90. The van der Waals surface area contributed by atoms with E-state index in [1.165, 1.54) is 33.4 Å². The van der Waals surface area contributed by atoms with Gasteiger partial charge in [-0.05, 0) is 58.8 Å². The molecule has 2 nitrogen and oxygen atoms in total. The maximum absolute atomic E-state index is 3.66. The summed E-state index contributed by atoms with van der Waals surface area (Å²) in [5.74, 6) is 1.09. The van der Waals surface area contributed by atoms with Crippen LogP contribution < -0.4 is 10.6 Å². The first-order chi connectivity index (χ1) is 12.4. The molecule has 0 unspecified atom stereocenters. The van der Waals surface area contributed by atoms with E-state index in [1.54, 1.807) is 0 Å². The Kier molecular flexibility index (Phi) is 5.55. The smallest absolute Gasteiger partial charge is 0.0463 e. The molecular weight excluding hydrogens is 316 g/mol. The summed E-state index contributed by atoms with van der Waals surface area (Å²) in [6, 6.07) is 14.2.